The molecule has 0 aromatic heterocycles. The smallest absolute Gasteiger partial charge is 0.339 e. The average molecular weight is 410 g/mol. The first-order valence-electron chi connectivity index (χ1n) is 7.40. The van der Waals surface area contributed by atoms with E-state index in [9.17, 15) is 14.0 Å². The van der Waals surface area contributed by atoms with E-state index in [4.69, 9.17) is 9.47 Å². The summed E-state index contributed by atoms with van der Waals surface area (Å²) < 4.78 is 24.3. The highest BCUT2D eigenvalue weighted by molar-refractivity contribution is 9.10. The van der Waals surface area contributed by atoms with E-state index in [1.165, 1.54) is 31.2 Å². The fraction of sp³-hybridized carbons (Fsp3) is 0.222. The van der Waals surface area contributed by atoms with Gasteiger partial charge in [0.25, 0.3) is 5.91 Å². The molecular weight excluding hydrogens is 393 g/mol. The van der Waals surface area contributed by atoms with Crippen LogP contribution in [0.1, 0.15) is 15.9 Å². The van der Waals surface area contributed by atoms with Gasteiger partial charge in [-0.05, 0) is 40.2 Å². The number of amides is 1. The molecule has 25 heavy (non-hydrogen) atoms. The fourth-order valence-electron chi connectivity index (χ4n) is 2.07. The predicted octanol–water partition coefficient (Wildman–Crippen LogP) is 3.41. The molecule has 0 radical (unpaired) electrons. The van der Waals surface area contributed by atoms with Crippen molar-refractivity contribution in [2.24, 2.45) is 0 Å². The summed E-state index contributed by atoms with van der Waals surface area (Å²) in [4.78, 5) is 25.5. The van der Waals surface area contributed by atoms with Gasteiger partial charge in [-0.1, -0.05) is 18.2 Å². The summed E-state index contributed by atoms with van der Waals surface area (Å²) in [6, 6.07) is 11.0. The summed E-state index contributed by atoms with van der Waals surface area (Å²) in [5, 5.41) is 0. The Kier molecular flexibility index (Phi) is 6.52. The van der Waals surface area contributed by atoms with Gasteiger partial charge in [0.1, 0.15) is 11.6 Å². The summed E-state index contributed by atoms with van der Waals surface area (Å²) in [5.74, 6) is -0.980. The van der Waals surface area contributed by atoms with Crippen LogP contribution < -0.4 is 4.74 Å². The monoisotopic (exact) mass is 409 g/mol. The Hall–Kier alpha value is -2.41. The number of hydrogen-bond donors (Lipinski definition) is 0. The minimum Gasteiger partial charge on any atom is -0.497 e. The summed E-state index contributed by atoms with van der Waals surface area (Å²) in [6.07, 6.45) is 0. The zero-order valence-corrected chi connectivity index (χ0v) is 15.4. The van der Waals surface area contributed by atoms with E-state index in [0.717, 1.165) is 0 Å². The topological polar surface area (TPSA) is 55.8 Å². The van der Waals surface area contributed by atoms with Crippen molar-refractivity contribution in [1.82, 2.24) is 4.90 Å². The van der Waals surface area contributed by atoms with Gasteiger partial charge in [-0.25, -0.2) is 9.18 Å². The number of carbonyl (C=O) groups is 2. The maximum absolute atomic E-state index is 13.6. The number of benzene rings is 2. The van der Waals surface area contributed by atoms with Gasteiger partial charge in [0, 0.05) is 23.6 Å². The Morgan fingerprint density at radius 1 is 1.20 bits per heavy atom. The number of carbonyl (C=O) groups excluding carboxylic acids is 2. The molecule has 0 heterocycles. The maximum Gasteiger partial charge on any atom is 0.339 e. The molecule has 7 heteroatoms. The van der Waals surface area contributed by atoms with Gasteiger partial charge < -0.3 is 14.4 Å². The molecule has 0 bridgehead atoms. The molecule has 0 aliphatic rings. The number of halogens is 2. The number of methoxy groups -OCH3 is 1. The first-order valence-corrected chi connectivity index (χ1v) is 8.19. The van der Waals surface area contributed by atoms with Crippen molar-refractivity contribution in [3.05, 3.63) is 63.9 Å². The third-order valence-corrected chi connectivity index (χ3v) is 4.20. The highest BCUT2D eigenvalue weighted by atomic mass is 79.9. The molecule has 1 amide bonds. The van der Waals surface area contributed by atoms with Gasteiger partial charge >= 0.3 is 5.97 Å². The van der Waals surface area contributed by atoms with Gasteiger partial charge in [0.2, 0.25) is 0 Å². The number of likely N-dealkylation sites (N-methyl/N-ethyl adjacent to an activating group) is 1. The lowest BCUT2D eigenvalue weighted by atomic mass is 10.2. The Morgan fingerprint density at radius 3 is 2.60 bits per heavy atom. The van der Waals surface area contributed by atoms with Crippen molar-refractivity contribution < 1.29 is 23.5 Å². The van der Waals surface area contributed by atoms with Crippen LogP contribution in [0.2, 0.25) is 0 Å². The van der Waals surface area contributed by atoms with E-state index < -0.39 is 18.5 Å². The van der Waals surface area contributed by atoms with Gasteiger partial charge in [-0.3, -0.25) is 4.79 Å². The van der Waals surface area contributed by atoms with Crippen LogP contribution >= 0.6 is 15.9 Å². The largest absolute Gasteiger partial charge is 0.497 e. The Bertz CT molecular complexity index is 781. The minimum absolute atomic E-state index is 0.0892. The lowest BCUT2D eigenvalue weighted by Gasteiger charge is -2.17. The molecule has 0 N–H and O–H groups in total. The molecular formula is C18H17BrFNO4. The van der Waals surface area contributed by atoms with Crippen LogP contribution in [0.3, 0.4) is 0 Å². The molecule has 2 aromatic carbocycles. The number of hydrogen-bond acceptors (Lipinski definition) is 4. The molecule has 2 aromatic rings. The van der Waals surface area contributed by atoms with E-state index in [-0.39, 0.29) is 17.9 Å². The lowest BCUT2D eigenvalue weighted by Crippen LogP contribution is -2.31. The molecule has 0 atom stereocenters. The van der Waals surface area contributed by atoms with Crippen LogP contribution in [0.25, 0.3) is 0 Å². The third-order valence-electron chi connectivity index (χ3n) is 3.51. The van der Waals surface area contributed by atoms with Gasteiger partial charge in [0.05, 0.1) is 12.7 Å². The molecule has 132 valence electrons. The van der Waals surface area contributed by atoms with E-state index in [1.54, 1.807) is 30.3 Å². The molecule has 0 saturated carbocycles. The summed E-state index contributed by atoms with van der Waals surface area (Å²) in [6.45, 7) is -0.348. The van der Waals surface area contributed by atoms with Crippen molar-refractivity contribution in [2.45, 2.75) is 6.54 Å². The van der Waals surface area contributed by atoms with Gasteiger partial charge in [0.15, 0.2) is 6.61 Å². The maximum atomic E-state index is 13.6. The van der Waals surface area contributed by atoms with Crippen LogP contribution in [0.15, 0.2) is 46.9 Å². The average Bonchev–Trinajstić information content (AvgIpc) is 2.61. The predicted molar refractivity (Wildman–Crippen MR) is 93.9 cm³/mol. The highest BCUT2D eigenvalue weighted by Gasteiger charge is 2.17. The van der Waals surface area contributed by atoms with Crippen molar-refractivity contribution in [3.63, 3.8) is 0 Å². The fourth-order valence-corrected chi connectivity index (χ4v) is 2.48. The number of rotatable bonds is 6. The van der Waals surface area contributed by atoms with Crippen LogP contribution in [0.4, 0.5) is 4.39 Å². The Balaban J connectivity index is 1.95. The third kappa shape index (κ3) is 5.03. The second kappa shape index (κ2) is 8.62. The summed E-state index contributed by atoms with van der Waals surface area (Å²) in [7, 11) is 3.00. The van der Waals surface area contributed by atoms with Crippen LogP contribution in [-0.2, 0) is 16.1 Å². The van der Waals surface area contributed by atoms with Crippen molar-refractivity contribution >= 4 is 27.8 Å². The van der Waals surface area contributed by atoms with E-state index in [0.29, 0.717) is 15.8 Å². The Labute approximate surface area is 153 Å². The molecule has 2 rings (SSSR count). The van der Waals surface area contributed by atoms with Crippen molar-refractivity contribution in [3.8, 4) is 5.75 Å². The Morgan fingerprint density at radius 2 is 1.92 bits per heavy atom. The van der Waals surface area contributed by atoms with Crippen molar-refractivity contribution in [1.29, 1.82) is 0 Å². The minimum atomic E-state index is -0.654. The van der Waals surface area contributed by atoms with Gasteiger partial charge in [-0.15, -0.1) is 0 Å². The SMILES string of the molecule is COc1ccc(Br)c(C(=O)OCC(=O)N(C)Cc2ccccc2F)c1. The second-order valence-electron chi connectivity index (χ2n) is 5.26. The standard InChI is InChI=1S/C18H17BrFNO4/c1-21(10-12-5-3-4-6-16(12)20)17(22)11-25-18(23)14-9-13(24-2)7-8-15(14)19/h3-9H,10-11H2,1-2H3. The molecule has 5 nitrogen and oxygen atoms in total. The van der Waals surface area contributed by atoms with E-state index >= 15 is 0 Å². The van der Waals surface area contributed by atoms with Gasteiger partial charge in [-0.2, -0.15) is 0 Å². The zero-order valence-electron chi connectivity index (χ0n) is 13.8. The molecule has 0 spiro atoms. The number of nitrogens with zero attached hydrogens (tertiary/aromatic N) is 1. The number of ether oxygens (including phenoxy) is 2. The van der Waals surface area contributed by atoms with E-state index in [1.807, 2.05) is 0 Å². The highest BCUT2D eigenvalue weighted by Crippen LogP contribution is 2.23. The lowest BCUT2D eigenvalue weighted by molar-refractivity contribution is -0.133. The molecule has 0 fully saturated rings. The second-order valence-corrected chi connectivity index (χ2v) is 6.12. The zero-order chi connectivity index (χ0) is 18.4. The number of esters is 1. The molecule has 0 saturated heterocycles. The van der Waals surface area contributed by atoms with Crippen LogP contribution in [-0.4, -0.2) is 37.5 Å². The van der Waals surface area contributed by atoms with Crippen LogP contribution in [0.5, 0.6) is 5.75 Å². The molecule has 0 aliphatic heterocycles. The quantitative estimate of drug-likeness (QED) is 0.685. The first-order chi connectivity index (χ1) is 11.9. The van der Waals surface area contributed by atoms with Crippen LogP contribution in [0, 0.1) is 5.82 Å². The first kappa shape index (κ1) is 18.9. The van der Waals surface area contributed by atoms with Crippen molar-refractivity contribution in [2.75, 3.05) is 20.8 Å². The summed E-state index contributed by atoms with van der Waals surface area (Å²) >= 11 is 3.26. The normalized spacial score (nSPS) is 10.2. The van der Waals surface area contributed by atoms with E-state index in [2.05, 4.69) is 15.9 Å². The molecule has 0 aliphatic carbocycles. The molecule has 0 unspecified atom stereocenters. The summed E-state index contributed by atoms with van der Waals surface area (Å²) in [5.41, 5.74) is 0.643.